The van der Waals surface area contributed by atoms with Crippen molar-refractivity contribution in [3.63, 3.8) is 0 Å². The fraction of sp³-hybridized carbons (Fsp3) is 0.300. The summed E-state index contributed by atoms with van der Waals surface area (Å²) in [6.45, 7) is -1.52. The van der Waals surface area contributed by atoms with E-state index in [0.717, 1.165) is 0 Å². The van der Waals surface area contributed by atoms with E-state index in [2.05, 4.69) is 4.74 Å². The van der Waals surface area contributed by atoms with E-state index in [1.54, 1.807) is 18.2 Å². The number of benzene rings is 1. The van der Waals surface area contributed by atoms with Gasteiger partial charge < -0.3 is 4.74 Å². The summed E-state index contributed by atoms with van der Waals surface area (Å²) in [7, 11) is 0. The maximum Gasteiger partial charge on any atom is 0.340 e. The highest BCUT2D eigenvalue weighted by Crippen LogP contribution is 2.10. The average Bonchev–Trinajstić information content (AvgIpc) is 2.29. The van der Waals surface area contributed by atoms with Crippen LogP contribution in [0.1, 0.15) is 10.4 Å². The fourth-order valence-electron chi connectivity index (χ4n) is 0.888. The molecule has 0 aliphatic heterocycles. The molecule has 1 aromatic carbocycles. The van der Waals surface area contributed by atoms with Crippen LogP contribution in [0.15, 0.2) is 30.3 Å². The monoisotopic (exact) mass is 218 g/mol. The van der Waals surface area contributed by atoms with Gasteiger partial charge in [-0.15, -0.1) is 0 Å². The highest BCUT2D eigenvalue weighted by Gasteiger charge is 2.24. The number of rotatable bonds is 4. The lowest BCUT2D eigenvalue weighted by Gasteiger charge is -2.11. The third kappa shape index (κ3) is 3.27. The third-order valence-corrected chi connectivity index (χ3v) is 1.66. The largest absolute Gasteiger partial charge is 0.424 e. The first-order valence-electron chi connectivity index (χ1n) is 4.25. The molecular formula is C10H9F3O2. The van der Waals surface area contributed by atoms with Crippen LogP contribution in [0, 0.1) is 0 Å². The van der Waals surface area contributed by atoms with Crippen LogP contribution in [0.4, 0.5) is 13.2 Å². The first-order valence-corrected chi connectivity index (χ1v) is 4.25. The molecule has 5 heteroatoms. The molecule has 15 heavy (non-hydrogen) atoms. The fourth-order valence-corrected chi connectivity index (χ4v) is 0.888. The summed E-state index contributed by atoms with van der Waals surface area (Å²) in [4.78, 5) is 11.1. The summed E-state index contributed by atoms with van der Waals surface area (Å²) in [6.07, 6.45) is -5.00. The molecule has 0 radical (unpaired) electrons. The summed E-state index contributed by atoms with van der Waals surface area (Å²) >= 11 is 0. The molecule has 0 bridgehead atoms. The number of ether oxygens (including phenoxy) is 1. The van der Waals surface area contributed by atoms with Gasteiger partial charge in [0.05, 0.1) is 5.56 Å². The first-order chi connectivity index (χ1) is 7.15. The van der Waals surface area contributed by atoms with E-state index < -0.39 is 25.2 Å². The quantitative estimate of drug-likeness (QED) is 0.725. The maximum absolute atomic E-state index is 12.7. The second kappa shape index (κ2) is 5.38. The minimum absolute atomic E-state index is 0.0891. The minimum atomic E-state index is -2.57. The van der Waals surface area contributed by atoms with E-state index >= 15 is 0 Å². The molecule has 0 fully saturated rings. The van der Waals surface area contributed by atoms with Crippen molar-refractivity contribution in [2.24, 2.45) is 0 Å². The Morgan fingerprint density at radius 3 is 2.40 bits per heavy atom. The lowest BCUT2D eigenvalue weighted by atomic mass is 10.2. The van der Waals surface area contributed by atoms with Crippen molar-refractivity contribution in [3.8, 4) is 0 Å². The number of alkyl halides is 3. The normalized spacial score (nSPS) is 14.3. The molecule has 1 aromatic rings. The van der Waals surface area contributed by atoms with Crippen molar-refractivity contribution < 1.29 is 22.7 Å². The predicted octanol–water partition coefficient (Wildman–Crippen LogP) is 2.45. The van der Waals surface area contributed by atoms with Crippen LogP contribution in [0.5, 0.6) is 0 Å². The first kappa shape index (κ1) is 11.6. The van der Waals surface area contributed by atoms with E-state index in [0.29, 0.717) is 0 Å². The standard InChI is InChI=1S/C10H9F3O2/c11-6-8(12)9(13)15-10(14)7-4-2-1-3-5-7/h1-5,8-9H,6H2. The molecule has 0 aliphatic rings. The van der Waals surface area contributed by atoms with Gasteiger partial charge in [-0.2, -0.15) is 4.39 Å². The molecular weight excluding hydrogens is 209 g/mol. The smallest absolute Gasteiger partial charge is 0.340 e. The minimum Gasteiger partial charge on any atom is -0.424 e. The zero-order valence-electron chi connectivity index (χ0n) is 7.70. The van der Waals surface area contributed by atoms with Gasteiger partial charge in [0.2, 0.25) is 0 Å². The highest BCUT2D eigenvalue weighted by molar-refractivity contribution is 5.89. The molecule has 82 valence electrons. The molecule has 0 spiro atoms. The van der Waals surface area contributed by atoms with Crippen LogP contribution in [-0.2, 0) is 4.74 Å². The van der Waals surface area contributed by atoms with E-state index in [1.165, 1.54) is 12.1 Å². The Hall–Kier alpha value is -1.52. The molecule has 2 unspecified atom stereocenters. The number of halogens is 3. The average molecular weight is 218 g/mol. The molecule has 2 atom stereocenters. The molecule has 0 saturated carbocycles. The van der Waals surface area contributed by atoms with Gasteiger partial charge in [-0.25, -0.2) is 13.6 Å². The molecule has 0 aromatic heterocycles. The van der Waals surface area contributed by atoms with Crippen molar-refractivity contribution in [1.82, 2.24) is 0 Å². The Morgan fingerprint density at radius 2 is 1.87 bits per heavy atom. The molecule has 1 rings (SSSR count). The summed E-state index contributed by atoms with van der Waals surface area (Å²) in [5, 5.41) is 0. The third-order valence-electron chi connectivity index (χ3n) is 1.66. The number of esters is 1. The van der Waals surface area contributed by atoms with Gasteiger partial charge >= 0.3 is 5.97 Å². The zero-order valence-corrected chi connectivity index (χ0v) is 7.70. The van der Waals surface area contributed by atoms with Gasteiger partial charge in [0.1, 0.15) is 6.67 Å². The Bertz CT molecular complexity index is 316. The topological polar surface area (TPSA) is 26.3 Å². The van der Waals surface area contributed by atoms with Gasteiger partial charge in [0.25, 0.3) is 6.36 Å². The van der Waals surface area contributed by atoms with Crippen molar-refractivity contribution in [3.05, 3.63) is 35.9 Å². The van der Waals surface area contributed by atoms with Gasteiger partial charge in [-0.3, -0.25) is 0 Å². The predicted molar refractivity (Wildman–Crippen MR) is 47.6 cm³/mol. The summed E-state index contributed by atoms with van der Waals surface area (Å²) in [5.74, 6) is -1.01. The highest BCUT2D eigenvalue weighted by atomic mass is 19.2. The van der Waals surface area contributed by atoms with Crippen LogP contribution in [0.3, 0.4) is 0 Å². The second-order valence-electron chi connectivity index (χ2n) is 2.79. The summed E-state index contributed by atoms with van der Waals surface area (Å²) < 4.78 is 40.8. The number of hydrogen-bond donors (Lipinski definition) is 0. The second-order valence-corrected chi connectivity index (χ2v) is 2.79. The maximum atomic E-state index is 12.7. The molecule has 0 saturated heterocycles. The lowest BCUT2D eigenvalue weighted by Crippen LogP contribution is -2.25. The van der Waals surface area contributed by atoms with E-state index in [4.69, 9.17) is 0 Å². The number of carbonyl (C=O) groups is 1. The van der Waals surface area contributed by atoms with Crippen LogP contribution >= 0.6 is 0 Å². The van der Waals surface area contributed by atoms with E-state index in [9.17, 15) is 18.0 Å². The van der Waals surface area contributed by atoms with Gasteiger partial charge in [0.15, 0.2) is 6.17 Å². The zero-order chi connectivity index (χ0) is 11.3. The Balaban J connectivity index is 2.57. The van der Waals surface area contributed by atoms with Gasteiger partial charge in [-0.1, -0.05) is 18.2 Å². The van der Waals surface area contributed by atoms with Gasteiger partial charge in [-0.05, 0) is 12.1 Å². The number of hydrogen-bond acceptors (Lipinski definition) is 2. The van der Waals surface area contributed by atoms with Gasteiger partial charge in [0, 0.05) is 0 Å². The van der Waals surface area contributed by atoms with Crippen LogP contribution in [-0.4, -0.2) is 25.2 Å². The molecule has 0 heterocycles. The Kier molecular flexibility index (Phi) is 4.15. The van der Waals surface area contributed by atoms with Crippen molar-refractivity contribution in [2.75, 3.05) is 6.67 Å². The molecule has 2 nitrogen and oxygen atoms in total. The van der Waals surface area contributed by atoms with Crippen molar-refractivity contribution in [1.29, 1.82) is 0 Å². The molecule has 0 aliphatic carbocycles. The Labute approximate surface area is 84.7 Å². The van der Waals surface area contributed by atoms with E-state index in [-0.39, 0.29) is 5.56 Å². The SMILES string of the molecule is O=C(OC(F)C(F)CF)c1ccccc1. The van der Waals surface area contributed by atoms with Crippen LogP contribution in [0.25, 0.3) is 0 Å². The lowest BCUT2D eigenvalue weighted by molar-refractivity contribution is -0.0595. The number of carbonyl (C=O) groups excluding carboxylic acids is 1. The van der Waals surface area contributed by atoms with Crippen molar-refractivity contribution in [2.45, 2.75) is 12.5 Å². The van der Waals surface area contributed by atoms with E-state index in [1.807, 2.05) is 0 Å². The van der Waals surface area contributed by atoms with Crippen LogP contribution < -0.4 is 0 Å². The Morgan fingerprint density at radius 1 is 1.27 bits per heavy atom. The summed E-state index contributed by atoms with van der Waals surface area (Å²) in [6, 6.07) is 7.52. The molecule has 0 amide bonds. The van der Waals surface area contributed by atoms with Crippen molar-refractivity contribution >= 4 is 5.97 Å². The summed E-state index contributed by atoms with van der Waals surface area (Å²) in [5.41, 5.74) is 0.0891. The molecule has 0 N–H and O–H groups in total. The van der Waals surface area contributed by atoms with Crippen LogP contribution in [0.2, 0.25) is 0 Å².